The first-order chi connectivity index (χ1) is 9.13. The van der Waals surface area contributed by atoms with E-state index in [4.69, 9.17) is 0 Å². The molecule has 0 aliphatic heterocycles. The minimum Gasteiger partial charge on any atom is -0.342 e. The minimum atomic E-state index is -0.0863. The van der Waals surface area contributed by atoms with E-state index in [1.54, 1.807) is 0 Å². The lowest BCUT2D eigenvalue weighted by Crippen LogP contribution is -2.21. The molecule has 8 heteroatoms. The third-order valence-electron chi connectivity index (χ3n) is 2.59. The predicted octanol–water partition coefficient (Wildman–Crippen LogP) is 1.78. The van der Waals surface area contributed by atoms with Crippen LogP contribution in [0.15, 0.2) is 16.2 Å². The van der Waals surface area contributed by atoms with E-state index in [9.17, 15) is 4.79 Å². The van der Waals surface area contributed by atoms with Crippen molar-refractivity contribution in [3.05, 3.63) is 33.4 Å². The van der Waals surface area contributed by atoms with E-state index in [-0.39, 0.29) is 5.56 Å². The lowest BCUT2D eigenvalue weighted by molar-refractivity contribution is 0.835. The van der Waals surface area contributed by atoms with E-state index < -0.39 is 0 Å². The van der Waals surface area contributed by atoms with Crippen molar-refractivity contribution < 1.29 is 0 Å². The normalized spacial score (nSPS) is 11.1. The molecule has 6 nitrogen and oxygen atoms in total. The number of thiophene rings is 1. The van der Waals surface area contributed by atoms with Crippen molar-refractivity contribution in [1.82, 2.24) is 19.3 Å². The number of nitrogens with zero attached hydrogens (tertiary/aromatic N) is 4. The lowest BCUT2D eigenvalue weighted by Gasteiger charge is -2.13. The smallest absolute Gasteiger partial charge is 0.268 e. The summed E-state index contributed by atoms with van der Waals surface area (Å²) >= 11 is 2.73. The van der Waals surface area contributed by atoms with Gasteiger partial charge in [0.25, 0.3) is 5.56 Å². The van der Waals surface area contributed by atoms with Crippen LogP contribution in [0.25, 0.3) is 10.2 Å². The van der Waals surface area contributed by atoms with E-state index in [0.717, 1.165) is 16.5 Å². The molecule has 0 unspecified atom stereocenters. The summed E-state index contributed by atoms with van der Waals surface area (Å²) in [4.78, 5) is 25.3. The van der Waals surface area contributed by atoms with Crippen LogP contribution in [0.1, 0.15) is 11.6 Å². The molecule has 0 fully saturated rings. The van der Waals surface area contributed by atoms with Crippen molar-refractivity contribution in [3.8, 4) is 0 Å². The van der Waals surface area contributed by atoms with Gasteiger partial charge in [0.05, 0.1) is 12.1 Å². The first kappa shape index (κ1) is 12.2. The van der Waals surface area contributed by atoms with Gasteiger partial charge in [0, 0.05) is 18.6 Å². The zero-order chi connectivity index (χ0) is 13.4. The Balaban J connectivity index is 1.90. The van der Waals surface area contributed by atoms with Crippen LogP contribution in [0, 0.1) is 6.92 Å². The second kappa shape index (κ2) is 4.71. The molecule has 0 amide bonds. The number of rotatable bonds is 3. The van der Waals surface area contributed by atoms with Gasteiger partial charge >= 0.3 is 0 Å². The zero-order valence-electron chi connectivity index (χ0n) is 10.4. The predicted molar refractivity (Wildman–Crippen MR) is 77.0 cm³/mol. The monoisotopic (exact) mass is 293 g/mol. The highest BCUT2D eigenvalue weighted by atomic mass is 32.1. The molecule has 0 aliphatic carbocycles. The summed E-state index contributed by atoms with van der Waals surface area (Å²) in [5, 5.41) is 2.68. The first-order valence-electron chi connectivity index (χ1n) is 5.61. The number of fused-ring (bicyclic) bond motifs is 1. The molecule has 0 saturated carbocycles. The van der Waals surface area contributed by atoms with Gasteiger partial charge in [-0.2, -0.15) is 4.37 Å². The van der Waals surface area contributed by atoms with E-state index in [2.05, 4.69) is 19.3 Å². The fourth-order valence-corrected chi connectivity index (χ4v) is 3.09. The maximum Gasteiger partial charge on any atom is 0.268 e. The summed E-state index contributed by atoms with van der Waals surface area (Å²) < 4.78 is 4.80. The average Bonchev–Trinajstić information content (AvgIpc) is 2.97. The van der Waals surface area contributed by atoms with Gasteiger partial charge in [0.2, 0.25) is 5.13 Å². The van der Waals surface area contributed by atoms with Gasteiger partial charge in [-0.25, -0.2) is 9.97 Å². The van der Waals surface area contributed by atoms with Gasteiger partial charge in [0.15, 0.2) is 0 Å². The topological polar surface area (TPSA) is 74.8 Å². The summed E-state index contributed by atoms with van der Waals surface area (Å²) in [5.74, 6) is 1.38. The van der Waals surface area contributed by atoms with Gasteiger partial charge in [-0.05, 0) is 18.4 Å². The van der Waals surface area contributed by atoms with Crippen molar-refractivity contribution in [2.75, 3.05) is 11.9 Å². The highest BCUT2D eigenvalue weighted by Crippen LogP contribution is 2.18. The van der Waals surface area contributed by atoms with Crippen LogP contribution < -0.4 is 10.5 Å². The van der Waals surface area contributed by atoms with Gasteiger partial charge < -0.3 is 9.88 Å². The Morgan fingerprint density at radius 3 is 3.00 bits per heavy atom. The molecule has 0 atom stereocenters. The molecular formula is C11H11N5OS2. The number of hydrogen-bond donors (Lipinski definition) is 1. The van der Waals surface area contributed by atoms with E-state index >= 15 is 0 Å². The van der Waals surface area contributed by atoms with Crippen molar-refractivity contribution in [2.24, 2.45) is 0 Å². The van der Waals surface area contributed by atoms with Gasteiger partial charge in [-0.15, -0.1) is 11.3 Å². The van der Waals surface area contributed by atoms with Crippen LogP contribution >= 0.6 is 22.9 Å². The maximum atomic E-state index is 11.9. The van der Waals surface area contributed by atoms with Crippen molar-refractivity contribution in [3.63, 3.8) is 0 Å². The summed E-state index contributed by atoms with van der Waals surface area (Å²) in [5.41, 5.74) is 0.655. The van der Waals surface area contributed by atoms with Crippen LogP contribution in [0.5, 0.6) is 0 Å². The van der Waals surface area contributed by atoms with Crippen molar-refractivity contribution in [1.29, 1.82) is 0 Å². The summed E-state index contributed by atoms with van der Waals surface area (Å²) in [6.45, 7) is 2.35. The van der Waals surface area contributed by atoms with Crippen LogP contribution in [-0.4, -0.2) is 26.4 Å². The van der Waals surface area contributed by atoms with Crippen LogP contribution in [0.2, 0.25) is 0 Å². The minimum absolute atomic E-state index is 0.0863. The molecule has 0 bridgehead atoms. The molecule has 1 N–H and O–H groups in total. The van der Waals surface area contributed by atoms with Gasteiger partial charge in [-0.1, -0.05) is 0 Å². The van der Waals surface area contributed by atoms with E-state index in [0.29, 0.717) is 17.1 Å². The molecule has 98 valence electrons. The lowest BCUT2D eigenvalue weighted by atomic mass is 10.4. The molecule has 0 saturated heterocycles. The first-order valence-corrected chi connectivity index (χ1v) is 7.26. The van der Waals surface area contributed by atoms with Crippen LogP contribution in [-0.2, 0) is 6.54 Å². The summed E-state index contributed by atoms with van der Waals surface area (Å²) in [6.07, 6.45) is 0. The van der Waals surface area contributed by atoms with Gasteiger partial charge in [0.1, 0.15) is 16.3 Å². The molecule has 0 spiro atoms. The second-order valence-electron chi connectivity index (χ2n) is 4.13. The Bertz CT molecular complexity index is 775. The fourth-order valence-electron chi connectivity index (χ4n) is 1.73. The number of anilines is 1. The number of aromatic nitrogens is 4. The van der Waals surface area contributed by atoms with E-state index in [1.807, 2.05) is 30.3 Å². The molecule has 3 heterocycles. The molecular weight excluding hydrogens is 282 g/mol. The number of aromatic amines is 1. The highest BCUT2D eigenvalue weighted by Gasteiger charge is 2.10. The van der Waals surface area contributed by atoms with Crippen LogP contribution in [0.4, 0.5) is 5.13 Å². The molecule has 3 rings (SSSR count). The molecule has 3 aromatic heterocycles. The van der Waals surface area contributed by atoms with E-state index in [1.165, 1.54) is 22.9 Å². The Morgan fingerprint density at radius 1 is 1.42 bits per heavy atom. The Hall–Kier alpha value is -1.80. The second-order valence-corrected chi connectivity index (χ2v) is 5.77. The average molecular weight is 293 g/mol. The number of hydrogen-bond acceptors (Lipinski definition) is 7. The Morgan fingerprint density at radius 2 is 2.26 bits per heavy atom. The zero-order valence-corrected chi connectivity index (χ0v) is 12.0. The molecule has 3 aromatic rings. The summed E-state index contributed by atoms with van der Waals surface area (Å²) in [6, 6.07) is 1.85. The third kappa shape index (κ3) is 2.36. The Kier molecular flexibility index (Phi) is 3.03. The quantitative estimate of drug-likeness (QED) is 0.796. The summed E-state index contributed by atoms with van der Waals surface area (Å²) in [7, 11) is 1.90. The van der Waals surface area contributed by atoms with Crippen molar-refractivity contribution in [2.45, 2.75) is 13.5 Å². The van der Waals surface area contributed by atoms with Crippen molar-refractivity contribution >= 4 is 38.2 Å². The highest BCUT2D eigenvalue weighted by molar-refractivity contribution is 7.17. The van der Waals surface area contributed by atoms with Gasteiger partial charge in [-0.3, -0.25) is 4.79 Å². The number of nitrogens with one attached hydrogen (secondary N) is 1. The fraction of sp³-hybridized carbons (Fsp3) is 0.273. The SMILES string of the molecule is Cc1nsc(N(C)Cc2nc3ccsc3c(=O)[nH]2)n1. The number of H-pyrrole nitrogens is 1. The molecule has 19 heavy (non-hydrogen) atoms. The maximum absolute atomic E-state index is 11.9. The Labute approximate surface area is 116 Å². The molecule has 0 aliphatic rings. The van der Waals surface area contributed by atoms with Crippen LogP contribution in [0.3, 0.4) is 0 Å². The third-order valence-corrected chi connectivity index (χ3v) is 4.42. The molecule has 0 aromatic carbocycles. The standard InChI is InChI=1S/C11H11N5OS2/c1-6-12-11(19-15-6)16(2)5-8-13-7-3-4-18-9(7)10(17)14-8/h3-4H,5H2,1-2H3,(H,13,14,17). The largest absolute Gasteiger partial charge is 0.342 e. The molecule has 0 radical (unpaired) electrons. The number of aryl methyl sites for hydroxylation is 1.